The van der Waals surface area contributed by atoms with E-state index in [2.05, 4.69) is 9.97 Å². The van der Waals surface area contributed by atoms with Crippen molar-refractivity contribution in [3.05, 3.63) is 225 Å². The molecule has 80 heavy (non-hydrogen) atoms. The Labute approximate surface area is 463 Å². The summed E-state index contributed by atoms with van der Waals surface area (Å²) in [5, 5.41) is 24.9. The number of nitrogens with one attached hydrogen (secondary N) is 2. The molecular formula is C68H66N4O8. The van der Waals surface area contributed by atoms with Gasteiger partial charge in [-0.2, -0.15) is 0 Å². The van der Waals surface area contributed by atoms with Crippen LogP contribution < -0.4 is 21.7 Å². The molecule has 0 saturated heterocycles. The number of carbonyl (C=O) groups excluding carboxylic acids is 2. The van der Waals surface area contributed by atoms with Gasteiger partial charge < -0.3 is 20.2 Å². The zero-order valence-electron chi connectivity index (χ0n) is 47.2. The molecule has 0 bridgehead atoms. The van der Waals surface area contributed by atoms with Gasteiger partial charge >= 0.3 is 0 Å². The Hall–Kier alpha value is -9.26. The van der Waals surface area contributed by atoms with Crippen LogP contribution in [0.15, 0.2) is 159 Å². The monoisotopic (exact) mass is 1070 g/mol. The van der Waals surface area contributed by atoms with Crippen LogP contribution in [0.5, 0.6) is 0 Å². The Morgan fingerprint density at radius 2 is 0.875 bits per heavy atom. The quantitative estimate of drug-likeness (QED) is 0.0836. The Morgan fingerprint density at radius 1 is 0.438 bits per heavy atom. The topological polar surface area (TPSA) is 200 Å². The molecule has 2 unspecified atom stereocenters. The van der Waals surface area contributed by atoms with Gasteiger partial charge in [0.05, 0.1) is 61.4 Å². The van der Waals surface area contributed by atoms with Crippen LogP contribution in [0.4, 0.5) is 0 Å². The highest BCUT2D eigenvalue weighted by Gasteiger charge is 2.39. The smallest absolute Gasteiger partial charge is 0.196 e. The van der Waals surface area contributed by atoms with E-state index in [-0.39, 0.29) is 44.6 Å². The summed E-state index contributed by atoms with van der Waals surface area (Å²) >= 11 is 0. The lowest BCUT2D eigenvalue weighted by Gasteiger charge is -2.33. The molecule has 0 fully saturated rings. The summed E-state index contributed by atoms with van der Waals surface area (Å²) in [4.78, 5) is 95.5. The number of fused-ring (bicyclic) bond motifs is 16. The zero-order valence-corrected chi connectivity index (χ0v) is 47.2. The zero-order chi connectivity index (χ0) is 58.3. The van der Waals surface area contributed by atoms with Gasteiger partial charge in [-0.1, -0.05) is 186 Å². The number of rotatable bonds is 0. The van der Waals surface area contributed by atoms with Gasteiger partial charge in [-0.15, -0.1) is 0 Å². The molecule has 0 spiro atoms. The van der Waals surface area contributed by atoms with Crippen LogP contribution >= 0.6 is 0 Å². The van der Waals surface area contributed by atoms with Crippen molar-refractivity contribution < 1.29 is 19.8 Å². The molecule has 9 aromatic carbocycles. The fraction of sp³-hybridized carbons (Fsp3) is 0.206. The Bertz CT molecular complexity index is 4350. The molecule has 0 aliphatic heterocycles. The molecule has 406 valence electrons. The summed E-state index contributed by atoms with van der Waals surface area (Å²) in [5.41, 5.74) is 5.94. The van der Waals surface area contributed by atoms with Crippen molar-refractivity contribution in [2.75, 3.05) is 0 Å². The average Bonchev–Trinajstić information content (AvgIpc) is 3.55. The third kappa shape index (κ3) is 9.45. The van der Waals surface area contributed by atoms with Crippen molar-refractivity contribution >= 4 is 105 Å². The highest BCUT2D eigenvalue weighted by atomic mass is 16.3. The van der Waals surface area contributed by atoms with Gasteiger partial charge in [0.1, 0.15) is 11.3 Å². The first-order valence-electron chi connectivity index (χ1n) is 27.8. The summed E-state index contributed by atoms with van der Waals surface area (Å²) in [5.74, 6) is -0.883. The predicted molar refractivity (Wildman–Crippen MR) is 331 cm³/mol. The number of hydrogen-bond acceptors (Lipinski definition) is 10. The van der Waals surface area contributed by atoms with E-state index < -0.39 is 12.0 Å². The third-order valence-electron chi connectivity index (χ3n) is 13.6. The molecule has 11 aromatic rings. The number of hydrogen-bond donors (Lipinski definition) is 4. The number of aliphatic hydroxyl groups is 2. The normalized spacial score (nSPS) is 14.0. The first-order chi connectivity index (χ1) is 39.1. The maximum absolute atomic E-state index is 13.4. The summed E-state index contributed by atoms with van der Waals surface area (Å²) in [6.45, 7) is 24.0. The second-order valence-corrected chi connectivity index (χ2v) is 17.2. The van der Waals surface area contributed by atoms with Crippen LogP contribution in [0.25, 0.3) is 93.6 Å². The number of aliphatic hydroxyl groups excluding tert-OH is 2. The predicted octanol–water partition coefficient (Wildman–Crippen LogP) is 14.8. The lowest BCUT2D eigenvalue weighted by Crippen LogP contribution is -2.24. The Morgan fingerprint density at radius 3 is 1.38 bits per heavy atom. The number of aromatic amines is 2. The van der Waals surface area contributed by atoms with Crippen LogP contribution in [-0.4, -0.2) is 41.7 Å². The minimum Gasteiger partial charge on any atom is -0.507 e. The molecule has 4 N–H and O–H groups in total. The molecule has 0 radical (unpaired) electrons. The molecule has 12 nitrogen and oxygen atoms in total. The van der Waals surface area contributed by atoms with Crippen LogP contribution in [-0.2, 0) is 0 Å². The third-order valence-corrected chi connectivity index (χ3v) is 13.6. The molecule has 3 aliphatic carbocycles. The maximum Gasteiger partial charge on any atom is 0.196 e. The van der Waals surface area contributed by atoms with E-state index in [1.54, 1.807) is 140 Å². The summed E-state index contributed by atoms with van der Waals surface area (Å²) in [7, 11) is 0. The van der Waals surface area contributed by atoms with Gasteiger partial charge in [-0.25, -0.2) is 9.97 Å². The van der Waals surface area contributed by atoms with Gasteiger partial charge in [0.25, 0.3) is 0 Å². The molecule has 2 aromatic heterocycles. The van der Waals surface area contributed by atoms with Crippen LogP contribution in [0.3, 0.4) is 0 Å². The molecule has 14 rings (SSSR count). The number of aromatic nitrogens is 4. The van der Waals surface area contributed by atoms with Crippen molar-refractivity contribution in [3.63, 3.8) is 0 Å². The van der Waals surface area contributed by atoms with E-state index in [1.807, 2.05) is 89.2 Å². The lowest BCUT2D eigenvalue weighted by atomic mass is 9.76. The average molecular weight is 1070 g/mol. The van der Waals surface area contributed by atoms with Gasteiger partial charge in [0.2, 0.25) is 0 Å². The second kappa shape index (κ2) is 25.0. The van der Waals surface area contributed by atoms with Gasteiger partial charge in [0, 0.05) is 66.1 Å². The molecule has 2 atom stereocenters. The summed E-state index contributed by atoms with van der Waals surface area (Å²) < 4.78 is 0. The Balaban J connectivity index is 0.000000195. The highest BCUT2D eigenvalue weighted by Crippen LogP contribution is 2.48. The number of ketones is 2. The maximum atomic E-state index is 13.4. The SMILES string of the molecule is CC.CC.CC.CC.CC.CC.O=C1c2ccccc2C(=O)c2c1ccc1nc3c(nc21)C=CC1C3=C(O)c2ccccc2C1O.O=c1c2ccccc2c(=O)c2c1ccc1[nH]c3c(ccc4c(=O)c5ccccc5c(=O)c43)[nH]c12. The minimum atomic E-state index is -0.830. The second-order valence-electron chi connectivity index (χ2n) is 17.2. The van der Waals surface area contributed by atoms with Crippen molar-refractivity contribution in [1.82, 2.24) is 19.9 Å². The first-order valence-corrected chi connectivity index (χ1v) is 27.8. The Kier molecular flexibility index (Phi) is 18.3. The number of H-pyrrole nitrogens is 2. The van der Waals surface area contributed by atoms with E-state index in [1.165, 1.54) is 0 Å². The standard InChI is InChI=1S/C28H16N2O4.C28H14N2O4.6C2H6/c2*31-25-13-5-1-3-7-15(13)27(33)21-17(25)9-11-19-23(21)29-20-12-10-18-22(24(20)30-19)28(34)16-8-4-2-6-14(16)26(18)32;6*1-2/h1-12,17,25,31,33H;1-12,29-30H;6*1-2H3. The minimum absolute atomic E-state index is 0.0586. The van der Waals surface area contributed by atoms with Crippen LogP contribution in [0.1, 0.15) is 144 Å². The lowest BCUT2D eigenvalue weighted by molar-refractivity contribution is 0.0980. The summed E-state index contributed by atoms with van der Waals surface area (Å²) in [6.07, 6.45) is 2.72. The number of carbonyl (C=O) groups is 2. The highest BCUT2D eigenvalue weighted by molar-refractivity contribution is 6.31. The molecule has 0 saturated carbocycles. The van der Waals surface area contributed by atoms with E-state index in [0.717, 1.165) is 0 Å². The number of nitrogens with zero attached hydrogens (tertiary/aromatic N) is 2. The van der Waals surface area contributed by atoms with E-state index in [0.29, 0.717) is 121 Å². The van der Waals surface area contributed by atoms with Crippen LogP contribution in [0.2, 0.25) is 0 Å². The first kappa shape index (κ1) is 58.4. The molecule has 2 heterocycles. The van der Waals surface area contributed by atoms with Crippen molar-refractivity contribution in [3.8, 4) is 0 Å². The van der Waals surface area contributed by atoms with E-state index >= 15 is 0 Å². The molecule has 12 heteroatoms. The largest absolute Gasteiger partial charge is 0.507 e. The van der Waals surface area contributed by atoms with E-state index in [9.17, 15) is 39.0 Å². The van der Waals surface area contributed by atoms with E-state index in [4.69, 9.17) is 9.97 Å². The van der Waals surface area contributed by atoms with Gasteiger partial charge in [-0.05, 0) is 48.0 Å². The fourth-order valence-corrected chi connectivity index (χ4v) is 10.4. The fourth-order valence-electron chi connectivity index (χ4n) is 10.4. The van der Waals surface area contributed by atoms with Gasteiger partial charge in [-0.3, -0.25) is 28.8 Å². The molecule has 3 aliphatic rings. The van der Waals surface area contributed by atoms with Crippen molar-refractivity contribution in [1.29, 1.82) is 0 Å². The van der Waals surface area contributed by atoms with Crippen molar-refractivity contribution in [2.45, 2.75) is 89.2 Å². The van der Waals surface area contributed by atoms with Crippen molar-refractivity contribution in [2.24, 2.45) is 5.92 Å². The summed E-state index contributed by atoms with van der Waals surface area (Å²) in [6, 6.07) is 37.5. The molecular weight excluding hydrogens is 1000 g/mol. The molecule has 0 amide bonds. The number of benzene rings is 9. The van der Waals surface area contributed by atoms with Crippen LogP contribution in [0, 0.1) is 5.92 Å². The van der Waals surface area contributed by atoms with Gasteiger partial charge in [0.15, 0.2) is 33.3 Å².